The Hall–Kier alpha value is -1.10. The fraction of sp³-hybridized carbons (Fsp3) is 0.462. The van der Waals surface area contributed by atoms with E-state index >= 15 is 0 Å². The Labute approximate surface area is 112 Å². The minimum absolute atomic E-state index is 0.0130. The number of nitrogens with one attached hydrogen (secondary N) is 1. The van der Waals surface area contributed by atoms with E-state index in [0.717, 1.165) is 11.3 Å². The lowest BCUT2D eigenvalue weighted by Gasteiger charge is -2.33. The smallest absolute Gasteiger partial charge is 0.257 e. The van der Waals surface area contributed by atoms with Crippen molar-refractivity contribution in [2.75, 3.05) is 31.6 Å². The van der Waals surface area contributed by atoms with E-state index in [1.54, 1.807) is 11.9 Å². The summed E-state index contributed by atoms with van der Waals surface area (Å²) in [6, 6.07) is 5.61. The summed E-state index contributed by atoms with van der Waals surface area (Å²) in [6.45, 7) is 3.56. The van der Waals surface area contributed by atoms with Gasteiger partial charge in [0, 0.05) is 23.8 Å². The number of anilines is 1. The third-order valence-corrected chi connectivity index (χ3v) is 3.50. The van der Waals surface area contributed by atoms with Gasteiger partial charge in [-0.15, -0.1) is 0 Å². The number of halogens is 1. The van der Waals surface area contributed by atoms with Gasteiger partial charge in [-0.05, 0) is 31.7 Å². The lowest BCUT2D eigenvalue weighted by molar-refractivity contribution is -0.133. The highest BCUT2D eigenvalue weighted by molar-refractivity contribution is 6.31. The van der Waals surface area contributed by atoms with Crippen LogP contribution in [0.4, 0.5) is 5.69 Å². The van der Waals surface area contributed by atoms with Crippen LogP contribution in [0.15, 0.2) is 18.2 Å². The molecule has 0 bridgehead atoms. The third-order valence-electron chi connectivity index (χ3n) is 3.09. The molecule has 0 aromatic heterocycles. The van der Waals surface area contributed by atoms with E-state index in [4.69, 9.17) is 16.3 Å². The second-order valence-electron chi connectivity index (χ2n) is 4.29. The molecule has 1 aromatic carbocycles. The minimum Gasteiger partial charge on any atom is -0.365 e. The van der Waals surface area contributed by atoms with Crippen molar-refractivity contribution in [2.24, 2.45) is 0 Å². The molecule has 1 aromatic rings. The van der Waals surface area contributed by atoms with E-state index in [1.165, 1.54) is 0 Å². The number of hydrogen-bond donors (Lipinski definition) is 1. The van der Waals surface area contributed by atoms with Crippen molar-refractivity contribution in [3.8, 4) is 0 Å². The molecule has 0 saturated carbocycles. The van der Waals surface area contributed by atoms with Crippen molar-refractivity contribution in [3.05, 3.63) is 28.8 Å². The first-order valence-electron chi connectivity index (χ1n) is 5.98. The van der Waals surface area contributed by atoms with Crippen molar-refractivity contribution in [1.29, 1.82) is 0 Å². The Kier molecular flexibility index (Phi) is 4.22. The number of carbonyl (C=O) groups excluding carboxylic acids is 1. The molecule has 5 heteroatoms. The van der Waals surface area contributed by atoms with Crippen LogP contribution in [0.2, 0.25) is 5.02 Å². The summed E-state index contributed by atoms with van der Waals surface area (Å²) in [6.07, 6.45) is -0.415. The summed E-state index contributed by atoms with van der Waals surface area (Å²) in [7, 11) is 1.81. The first-order valence-corrected chi connectivity index (χ1v) is 6.35. The van der Waals surface area contributed by atoms with Crippen LogP contribution in [0.5, 0.6) is 0 Å². The number of rotatable bonds is 3. The summed E-state index contributed by atoms with van der Waals surface area (Å²) in [5, 5.41) is 3.65. The lowest BCUT2D eigenvalue weighted by Crippen LogP contribution is -2.51. The van der Waals surface area contributed by atoms with Gasteiger partial charge in [-0.25, -0.2) is 0 Å². The second kappa shape index (κ2) is 5.69. The van der Waals surface area contributed by atoms with Gasteiger partial charge in [0.1, 0.15) is 6.10 Å². The zero-order valence-corrected chi connectivity index (χ0v) is 11.3. The van der Waals surface area contributed by atoms with Crippen LogP contribution in [0, 0.1) is 6.92 Å². The second-order valence-corrected chi connectivity index (χ2v) is 4.70. The molecular formula is C13H17ClN2O2. The van der Waals surface area contributed by atoms with Gasteiger partial charge in [0.05, 0.1) is 6.61 Å². The van der Waals surface area contributed by atoms with E-state index < -0.39 is 6.10 Å². The summed E-state index contributed by atoms with van der Waals surface area (Å²) < 4.78 is 5.47. The van der Waals surface area contributed by atoms with Crippen LogP contribution >= 0.6 is 11.6 Å². The largest absolute Gasteiger partial charge is 0.365 e. The van der Waals surface area contributed by atoms with Crippen molar-refractivity contribution >= 4 is 23.2 Å². The van der Waals surface area contributed by atoms with Crippen LogP contribution in [0.1, 0.15) is 5.56 Å². The molecular weight excluding hydrogens is 252 g/mol. The Balaban J connectivity index is 2.27. The number of amides is 1. The predicted octanol–water partition coefficient (Wildman–Crippen LogP) is 1.60. The average molecular weight is 269 g/mol. The highest BCUT2D eigenvalue weighted by Gasteiger charge is 2.30. The molecule has 0 spiro atoms. The van der Waals surface area contributed by atoms with E-state index in [0.29, 0.717) is 24.7 Å². The molecule has 1 aliphatic rings. The van der Waals surface area contributed by atoms with Crippen molar-refractivity contribution in [3.63, 3.8) is 0 Å². The average Bonchev–Trinajstić information content (AvgIpc) is 2.36. The molecule has 1 unspecified atom stereocenters. The first kappa shape index (κ1) is 13.3. The maximum Gasteiger partial charge on any atom is 0.257 e. The number of benzene rings is 1. The molecule has 18 heavy (non-hydrogen) atoms. The minimum atomic E-state index is -0.415. The Morgan fingerprint density at radius 3 is 3.06 bits per heavy atom. The van der Waals surface area contributed by atoms with Crippen molar-refractivity contribution in [1.82, 2.24) is 5.32 Å². The molecule has 1 atom stereocenters. The summed E-state index contributed by atoms with van der Waals surface area (Å²) in [4.78, 5) is 14.1. The molecule has 0 aliphatic carbocycles. The number of morpholine rings is 1. The van der Waals surface area contributed by atoms with Crippen LogP contribution in [-0.4, -0.2) is 38.8 Å². The van der Waals surface area contributed by atoms with Gasteiger partial charge in [-0.3, -0.25) is 4.79 Å². The van der Waals surface area contributed by atoms with Crippen molar-refractivity contribution < 1.29 is 9.53 Å². The highest BCUT2D eigenvalue weighted by Crippen LogP contribution is 2.28. The molecule has 1 heterocycles. The molecule has 1 N–H and O–H groups in total. The molecule has 1 amide bonds. The molecule has 1 saturated heterocycles. The van der Waals surface area contributed by atoms with Crippen LogP contribution in [0.3, 0.4) is 0 Å². The number of ether oxygens (including phenoxy) is 1. The normalized spacial score (nSPS) is 20.3. The molecule has 4 nitrogen and oxygen atoms in total. The first-order chi connectivity index (χ1) is 8.65. The van der Waals surface area contributed by atoms with Gasteiger partial charge < -0.3 is 15.0 Å². The zero-order chi connectivity index (χ0) is 13.1. The SMILES string of the molecule is CNCC1OCCN(c2cccc(Cl)c2C)C1=O. The van der Waals surface area contributed by atoms with Gasteiger partial charge in [0.2, 0.25) is 0 Å². The van der Waals surface area contributed by atoms with Crippen LogP contribution < -0.4 is 10.2 Å². The van der Waals surface area contributed by atoms with E-state index in [1.807, 2.05) is 25.1 Å². The Bertz CT molecular complexity index is 449. The molecule has 1 aliphatic heterocycles. The Morgan fingerprint density at radius 1 is 1.56 bits per heavy atom. The van der Waals surface area contributed by atoms with Gasteiger partial charge in [-0.2, -0.15) is 0 Å². The lowest BCUT2D eigenvalue weighted by atomic mass is 10.1. The van der Waals surface area contributed by atoms with Gasteiger partial charge in [0.15, 0.2) is 0 Å². The molecule has 98 valence electrons. The summed E-state index contributed by atoms with van der Waals surface area (Å²) in [5.74, 6) is -0.0130. The monoisotopic (exact) mass is 268 g/mol. The van der Waals surface area contributed by atoms with E-state index in [9.17, 15) is 4.79 Å². The Morgan fingerprint density at radius 2 is 2.33 bits per heavy atom. The highest BCUT2D eigenvalue weighted by atomic mass is 35.5. The van der Waals surface area contributed by atoms with Gasteiger partial charge in [0.25, 0.3) is 5.91 Å². The predicted molar refractivity (Wildman–Crippen MR) is 72.2 cm³/mol. The molecule has 1 fully saturated rings. The summed E-state index contributed by atoms with van der Waals surface area (Å²) in [5.41, 5.74) is 1.80. The molecule has 0 radical (unpaired) electrons. The zero-order valence-electron chi connectivity index (χ0n) is 10.6. The topological polar surface area (TPSA) is 41.6 Å². The van der Waals surface area contributed by atoms with E-state index in [-0.39, 0.29) is 5.91 Å². The van der Waals surface area contributed by atoms with Crippen molar-refractivity contribution in [2.45, 2.75) is 13.0 Å². The number of likely N-dealkylation sites (N-methyl/N-ethyl adjacent to an activating group) is 1. The quantitative estimate of drug-likeness (QED) is 0.905. The van der Waals surface area contributed by atoms with E-state index in [2.05, 4.69) is 5.32 Å². The maximum absolute atomic E-state index is 12.3. The van der Waals surface area contributed by atoms with Crippen LogP contribution in [0.25, 0.3) is 0 Å². The number of nitrogens with zero attached hydrogens (tertiary/aromatic N) is 1. The number of hydrogen-bond acceptors (Lipinski definition) is 3. The fourth-order valence-corrected chi connectivity index (χ4v) is 2.27. The summed E-state index contributed by atoms with van der Waals surface area (Å²) >= 11 is 6.10. The van der Waals surface area contributed by atoms with Crippen LogP contribution in [-0.2, 0) is 9.53 Å². The van der Waals surface area contributed by atoms with Gasteiger partial charge in [-0.1, -0.05) is 17.7 Å². The maximum atomic E-state index is 12.3. The van der Waals surface area contributed by atoms with Gasteiger partial charge >= 0.3 is 0 Å². The number of carbonyl (C=O) groups is 1. The fourth-order valence-electron chi connectivity index (χ4n) is 2.10. The standard InChI is InChI=1S/C13H17ClN2O2/c1-9-10(14)4-3-5-11(9)16-6-7-18-12(8-15-2)13(16)17/h3-5,12,15H,6-8H2,1-2H3. The third kappa shape index (κ3) is 2.51. The molecule has 2 rings (SSSR count).